The zero-order valence-electron chi connectivity index (χ0n) is 8.96. The minimum absolute atomic E-state index is 0.0715. The Bertz CT molecular complexity index is 389. The summed E-state index contributed by atoms with van der Waals surface area (Å²) in [5.41, 5.74) is 6.09. The summed E-state index contributed by atoms with van der Waals surface area (Å²) >= 11 is 5.76. The van der Waals surface area contributed by atoms with E-state index in [9.17, 15) is 4.79 Å². The first-order valence-corrected chi connectivity index (χ1v) is 5.24. The van der Waals surface area contributed by atoms with Crippen molar-refractivity contribution in [2.75, 3.05) is 0 Å². The van der Waals surface area contributed by atoms with Gasteiger partial charge in [0, 0.05) is 5.02 Å². The molecular weight excluding hydrogens is 226 g/mol. The monoisotopic (exact) mass is 239 g/mol. The predicted molar refractivity (Wildman–Crippen MR) is 64.5 cm³/mol. The normalized spacial score (nSPS) is 11.9. The molecule has 0 aliphatic heterocycles. The molecular formula is C11H14ClN3O. The Balaban J connectivity index is 2.58. The number of benzene rings is 1. The molecule has 0 fully saturated rings. The number of rotatable bonds is 4. The summed E-state index contributed by atoms with van der Waals surface area (Å²) in [5, 5.41) is 10.4. The van der Waals surface area contributed by atoms with Crippen LogP contribution in [-0.2, 0) is 4.79 Å². The summed E-state index contributed by atoms with van der Waals surface area (Å²) in [6.45, 7) is 1.86. The summed E-state index contributed by atoms with van der Waals surface area (Å²) in [6, 6.07) is 7.11. The van der Waals surface area contributed by atoms with Crippen molar-refractivity contribution in [3.63, 3.8) is 0 Å². The molecule has 1 atom stereocenters. The average molecular weight is 240 g/mol. The molecule has 4 N–H and O–H groups in total. The van der Waals surface area contributed by atoms with E-state index in [-0.39, 0.29) is 24.2 Å². The van der Waals surface area contributed by atoms with Crippen LogP contribution >= 0.6 is 11.6 Å². The number of carbonyl (C=O) groups is 1. The molecule has 0 bridgehead atoms. The molecule has 0 spiro atoms. The van der Waals surface area contributed by atoms with Crippen molar-refractivity contribution in [2.45, 2.75) is 19.4 Å². The van der Waals surface area contributed by atoms with Crippen LogP contribution < -0.4 is 11.1 Å². The van der Waals surface area contributed by atoms with Gasteiger partial charge < -0.3 is 11.1 Å². The average Bonchev–Trinajstić information content (AvgIpc) is 2.16. The molecule has 0 unspecified atom stereocenters. The van der Waals surface area contributed by atoms with Crippen LogP contribution in [0.5, 0.6) is 0 Å². The minimum Gasteiger partial charge on any atom is -0.387 e. The lowest BCUT2D eigenvalue weighted by atomic mass is 10.1. The van der Waals surface area contributed by atoms with Crippen molar-refractivity contribution in [1.29, 1.82) is 5.41 Å². The van der Waals surface area contributed by atoms with E-state index in [0.29, 0.717) is 5.02 Å². The molecule has 1 amide bonds. The van der Waals surface area contributed by atoms with Gasteiger partial charge in [-0.1, -0.05) is 23.7 Å². The second-order valence-electron chi connectivity index (χ2n) is 3.54. The van der Waals surface area contributed by atoms with Gasteiger partial charge in [0.15, 0.2) is 0 Å². The van der Waals surface area contributed by atoms with Gasteiger partial charge in [-0.25, -0.2) is 0 Å². The molecule has 1 rings (SSSR count). The Hall–Kier alpha value is -1.55. The molecule has 0 saturated heterocycles. The number of nitrogens with two attached hydrogens (primary N) is 1. The van der Waals surface area contributed by atoms with Crippen LogP contribution in [0, 0.1) is 5.41 Å². The Morgan fingerprint density at radius 2 is 2.06 bits per heavy atom. The molecule has 5 heteroatoms. The Labute approximate surface area is 99.3 Å². The van der Waals surface area contributed by atoms with E-state index in [4.69, 9.17) is 22.7 Å². The van der Waals surface area contributed by atoms with Gasteiger partial charge >= 0.3 is 0 Å². The number of amidine groups is 1. The first-order chi connectivity index (χ1) is 7.49. The summed E-state index contributed by atoms with van der Waals surface area (Å²) in [7, 11) is 0. The van der Waals surface area contributed by atoms with Gasteiger partial charge in [-0.3, -0.25) is 10.2 Å². The molecule has 1 aromatic rings. The maximum Gasteiger partial charge on any atom is 0.228 e. The van der Waals surface area contributed by atoms with E-state index < -0.39 is 0 Å². The molecule has 16 heavy (non-hydrogen) atoms. The Kier molecular flexibility index (Phi) is 4.31. The molecule has 0 heterocycles. The van der Waals surface area contributed by atoms with Crippen LogP contribution in [0.15, 0.2) is 24.3 Å². The zero-order chi connectivity index (χ0) is 12.1. The van der Waals surface area contributed by atoms with Crippen LogP contribution in [0.2, 0.25) is 5.02 Å². The van der Waals surface area contributed by atoms with E-state index in [1.54, 1.807) is 12.1 Å². The quantitative estimate of drug-likeness (QED) is 0.554. The number of hydrogen-bond acceptors (Lipinski definition) is 2. The van der Waals surface area contributed by atoms with Crippen LogP contribution in [-0.4, -0.2) is 11.7 Å². The van der Waals surface area contributed by atoms with E-state index in [0.717, 1.165) is 5.56 Å². The Morgan fingerprint density at radius 1 is 1.50 bits per heavy atom. The largest absolute Gasteiger partial charge is 0.387 e. The van der Waals surface area contributed by atoms with Crippen molar-refractivity contribution < 1.29 is 4.79 Å². The summed E-state index contributed by atoms with van der Waals surface area (Å²) in [6.07, 6.45) is -0.0715. The van der Waals surface area contributed by atoms with Gasteiger partial charge in [0.05, 0.1) is 18.3 Å². The highest BCUT2D eigenvalue weighted by Gasteiger charge is 2.09. The highest BCUT2D eigenvalue weighted by molar-refractivity contribution is 6.30. The minimum atomic E-state index is -0.255. The highest BCUT2D eigenvalue weighted by atomic mass is 35.5. The van der Waals surface area contributed by atoms with E-state index in [1.807, 2.05) is 19.1 Å². The topological polar surface area (TPSA) is 79.0 Å². The maximum absolute atomic E-state index is 11.3. The van der Waals surface area contributed by atoms with E-state index in [1.165, 1.54) is 0 Å². The fourth-order valence-electron chi connectivity index (χ4n) is 1.30. The number of halogens is 1. The van der Waals surface area contributed by atoms with Gasteiger partial charge in [0.2, 0.25) is 5.91 Å². The van der Waals surface area contributed by atoms with Crippen molar-refractivity contribution in [2.24, 2.45) is 5.73 Å². The van der Waals surface area contributed by atoms with Crippen molar-refractivity contribution in [1.82, 2.24) is 5.32 Å². The van der Waals surface area contributed by atoms with Crippen LogP contribution in [0.1, 0.15) is 24.9 Å². The first kappa shape index (κ1) is 12.5. The third-order valence-corrected chi connectivity index (χ3v) is 2.35. The third kappa shape index (κ3) is 3.90. The van der Waals surface area contributed by atoms with Crippen LogP contribution in [0.3, 0.4) is 0 Å². The van der Waals surface area contributed by atoms with Crippen molar-refractivity contribution in [3.05, 3.63) is 34.9 Å². The van der Waals surface area contributed by atoms with Gasteiger partial charge in [0.25, 0.3) is 0 Å². The lowest BCUT2D eigenvalue weighted by molar-refractivity contribution is -0.120. The van der Waals surface area contributed by atoms with E-state index >= 15 is 0 Å². The fourth-order valence-corrected chi connectivity index (χ4v) is 1.43. The molecule has 0 aliphatic carbocycles. The maximum atomic E-state index is 11.3. The molecule has 86 valence electrons. The molecule has 0 saturated carbocycles. The predicted octanol–water partition coefficient (Wildman–Crippen LogP) is 1.84. The molecule has 0 aromatic heterocycles. The third-order valence-electron chi connectivity index (χ3n) is 2.10. The number of amides is 1. The number of carbonyl (C=O) groups excluding carboxylic acids is 1. The smallest absolute Gasteiger partial charge is 0.228 e. The number of hydrogen-bond donors (Lipinski definition) is 3. The molecule has 0 aliphatic rings. The summed E-state index contributed by atoms with van der Waals surface area (Å²) in [5.74, 6) is -0.393. The van der Waals surface area contributed by atoms with Gasteiger partial charge in [-0.2, -0.15) is 0 Å². The van der Waals surface area contributed by atoms with Crippen LogP contribution in [0.4, 0.5) is 0 Å². The second kappa shape index (κ2) is 5.51. The fraction of sp³-hybridized carbons (Fsp3) is 0.273. The molecule has 4 nitrogen and oxygen atoms in total. The lowest BCUT2D eigenvalue weighted by Crippen LogP contribution is -2.30. The summed E-state index contributed by atoms with van der Waals surface area (Å²) in [4.78, 5) is 11.3. The van der Waals surface area contributed by atoms with Gasteiger partial charge in [0.1, 0.15) is 0 Å². The van der Waals surface area contributed by atoms with Crippen LogP contribution in [0.25, 0.3) is 0 Å². The van der Waals surface area contributed by atoms with Crippen molar-refractivity contribution in [3.8, 4) is 0 Å². The van der Waals surface area contributed by atoms with E-state index in [2.05, 4.69) is 5.32 Å². The number of nitrogens with one attached hydrogen (secondary N) is 2. The second-order valence-corrected chi connectivity index (χ2v) is 3.98. The Morgan fingerprint density at radius 3 is 2.56 bits per heavy atom. The standard InChI is InChI=1S/C11H14ClN3O/c1-7(15-11(16)6-10(13)14)8-2-4-9(12)5-3-8/h2-5,7H,6H2,1H3,(H3,13,14)(H,15,16)/t7-/m0/s1. The zero-order valence-corrected chi connectivity index (χ0v) is 9.71. The molecule has 1 aromatic carbocycles. The van der Waals surface area contributed by atoms with Gasteiger partial charge in [-0.15, -0.1) is 0 Å². The lowest BCUT2D eigenvalue weighted by Gasteiger charge is -2.14. The highest BCUT2D eigenvalue weighted by Crippen LogP contribution is 2.15. The van der Waals surface area contributed by atoms with Gasteiger partial charge in [-0.05, 0) is 24.6 Å². The van der Waals surface area contributed by atoms with Crippen molar-refractivity contribution >= 4 is 23.3 Å². The molecule has 0 radical (unpaired) electrons. The first-order valence-electron chi connectivity index (χ1n) is 4.86. The summed E-state index contributed by atoms with van der Waals surface area (Å²) < 4.78 is 0. The SMILES string of the molecule is C[C@H](NC(=O)CC(=N)N)c1ccc(Cl)cc1.